The van der Waals surface area contributed by atoms with Crippen LogP contribution in [0.4, 0.5) is 5.69 Å². The quantitative estimate of drug-likeness (QED) is 0.737. The summed E-state index contributed by atoms with van der Waals surface area (Å²) in [5.74, 6) is 0. The molecule has 0 saturated heterocycles. The Morgan fingerprint density at radius 3 is 2.60 bits per heavy atom. The summed E-state index contributed by atoms with van der Waals surface area (Å²) in [4.78, 5) is 16.7. The number of nitrogens with one attached hydrogen (secondary N) is 1. The molecule has 128 valence electrons. The van der Waals surface area contributed by atoms with Crippen molar-refractivity contribution in [3.63, 3.8) is 0 Å². The van der Waals surface area contributed by atoms with Crippen LogP contribution in [-0.4, -0.2) is 21.3 Å². The highest BCUT2D eigenvalue weighted by Gasteiger charge is 2.09. The van der Waals surface area contributed by atoms with Gasteiger partial charge in [0.05, 0.1) is 18.4 Å². The lowest BCUT2D eigenvalue weighted by molar-refractivity contribution is 0.640. The van der Waals surface area contributed by atoms with Crippen LogP contribution < -0.4 is 10.9 Å². The summed E-state index contributed by atoms with van der Waals surface area (Å²) >= 11 is 6.22. The van der Waals surface area contributed by atoms with Crippen molar-refractivity contribution < 1.29 is 0 Å². The van der Waals surface area contributed by atoms with Crippen molar-refractivity contribution in [1.82, 2.24) is 14.8 Å². The Morgan fingerprint density at radius 2 is 1.88 bits per heavy atom. The molecule has 0 aliphatic rings. The van der Waals surface area contributed by atoms with Crippen LogP contribution in [0.3, 0.4) is 0 Å². The number of halogens is 1. The standard InChI is InChI=1S/C19H19ClN4O/c1-14-7-8-15(11-22-14)9-10-21-17-12-23-24(19(25)18(17)20)13-16-5-3-2-4-6-16/h2-8,11-12,21H,9-10,13H2,1H3. The molecule has 2 aromatic heterocycles. The van der Waals surface area contributed by atoms with E-state index in [1.807, 2.05) is 55.6 Å². The summed E-state index contributed by atoms with van der Waals surface area (Å²) in [6, 6.07) is 13.7. The van der Waals surface area contributed by atoms with Gasteiger partial charge < -0.3 is 5.32 Å². The summed E-state index contributed by atoms with van der Waals surface area (Å²) in [6.45, 7) is 3.00. The monoisotopic (exact) mass is 354 g/mol. The van der Waals surface area contributed by atoms with Crippen LogP contribution in [0.1, 0.15) is 16.8 Å². The summed E-state index contributed by atoms with van der Waals surface area (Å²) in [5, 5.41) is 7.55. The van der Waals surface area contributed by atoms with Gasteiger partial charge in [0, 0.05) is 18.4 Å². The number of hydrogen-bond acceptors (Lipinski definition) is 4. The maximum atomic E-state index is 12.4. The SMILES string of the molecule is Cc1ccc(CCNc2cnn(Cc3ccccc3)c(=O)c2Cl)cn1. The van der Waals surface area contributed by atoms with Gasteiger partial charge in [-0.1, -0.05) is 48.0 Å². The predicted octanol–water partition coefficient (Wildman–Crippen LogP) is 3.30. The van der Waals surface area contributed by atoms with Crippen molar-refractivity contribution in [2.75, 3.05) is 11.9 Å². The Bertz CT molecular complexity index is 892. The minimum atomic E-state index is -0.299. The second-order valence-electron chi connectivity index (χ2n) is 5.81. The Morgan fingerprint density at radius 1 is 1.08 bits per heavy atom. The highest BCUT2D eigenvalue weighted by atomic mass is 35.5. The number of aryl methyl sites for hydroxylation is 1. The minimum absolute atomic E-state index is 0.160. The van der Waals surface area contributed by atoms with Gasteiger partial charge in [-0.2, -0.15) is 5.10 Å². The lowest BCUT2D eigenvalue weighted by Crippen LogP contribution is -2.25. The first-order valence-corrected chi connectivity index (χ1v) is 8.46. The third-order valence-corrected chi connectivity index (χ3v) is 4.23. The number of rotatable bonds is 6. The first-order valence-electron chi connectivity index (χ1n) is 8.08. The molecule has 0 atom stereocenters. The van der Waals surface area contributed by atoms with Crippen LogP contribution in [0.25, 0.3) is 0 Å². The molecule has 25 heavy (non-hydrogen) atoms. The van der Waals surface area contributed by atoms with E-state index in [4.69, 9.17) is 11.6 Å². The molecular formula is C19H19ClN4O. The van der Waals surface area contributed by atoms with E-state index in [0.717, 1.165) is 23.2 Å². The summed E-state index contributed by atoms with van der Waals surface area (Å²) in [5.41, 5.74) is 3.37. The van der Waals surface area contributed by atoms with Gasteiger partial charge >= 0.3 is 0 Å². The minimum Gasteiger partial charge on any atom is -0.382 e. The molecule has 0 saturated carbocycles. The van der Waals surface area contributed by atoms with Crippen LogP contribution >= 0.6 is 11.6 Å². The van der Waals surface area contributed by atoms with Crippen molar-refractivity contribution >= 4 is 17.3 Å². The molecule has 1 aromatic carbocycles. The van der Waals surface area contributed by atoms with E-state index in [0.29, 0.717) is 18.8 Å². The Hall–Kier alpha value is -2.66. The molecule has 3 aromatic rings. The topological polar surface area (TPSA) is 59.8 Å². The van der Waals surface area contributed by atoms with Gasteiger partial charge in [-0.15, -0.1) is 0 Å². The molecular weight excluding hydrogens is 336 g/mol. The van der Waals surface area contributed by atoms with Crippen LogP contribution in [0.2, 0.25) is 5.02 Å². The zero-order valence-corrected chi connectivity index (χ0v) is 14.7. The van der Waals surface area contributed by atoms with Gasteiger partial charge in [-0.25, -0.2) is 4.68 Å². The summed E-state index contributed by atoms with van der Waals surface area (Å²) in [6.07, 6.45) is 4.24. The number of hydrogen-bond donors (Lipinski definition) is 1. The van der Waals surface area contributed by atoms with E-state index in [1.165, 1.54) is 4.68 Å². The fraction of sp³-hybridized carbons (Fsp3) is 0.211. The Labute approximate surface area is 151 Å². The van der Waals surface area contributed by atoms with Gasteiger partial charge in [-0.05, 0) is 30.5 Å². The average Bonchev–Trinajstić information content (AvgIpc) is 2.63. The van der Waals surface area contributed by atoms with Crippen LogP contribution in [0.15, 0.2) is 59.7 Å². The van der Waals surface area contributed by atoms with Crippen LogP contribution in [0, 0.1) is 6.92 Å². The molecule has 1 N–H and O–H groups in total. The maximum Gasteiger partial charge on any atom is 0.287 e. The highest BCUT2D eigenvalue weighted by molar-refractivity contribution is 6.32. The smallest absolute Gasteiger partial charge is 0.287 e. The van der Waals surface area contributed by atoms with E-state index in [-0.39, 0.29) is 10.6 Å². The van der Waals surface area contributed by atoms with Crippen LogP contribution in [0.5, 0.6) is 0 Å². The van der Waals surface area contributed by atoms with Crippen molar-refractivity contribution in [3.05, 3.63) is 87.1 Å². The van der Waals surface area contributed by atoms with E-state index in [9.17, 15) is 4.79 Å². The third kappa shape index (κ3) is 4.45. The fourth-order valence-corrected chi connectivity index (χ4v) is 2.66. The first kappa shape index (κ1) is 17.2. The molecule has 0 unspecified atom stereocenters. The van der Waals surface area contributed by atoms with Gasteiger partial charge in [0.2, 0.25) is 0 Å². The van der Waals surface area contributed by atoms with Crippen molar-refractivity contribution in [2.45, 2.75) is 19.9 Å². The second-order valence-corrected chi connectivity index (χ2v) is 6.18. The molecule has 0 bridgehead atoms. The van der Waals surface area contributed by atoms with Gasteiger partial charge in [0.1, 0.15) is 5.02 Å². The largest absolute Gasteiger partial charge is 0.382 e. The Kier molecular flexibility index (Phi) is 5.46. The number of anilines is 1. The summed E-state index contributed by atoms with van der Waals surface area (Å²) < 4.78 is 1.37. The molecule has 0 spiro atoms. The molecule has 2 heterocycles. The maximum absolute atomic E-state index is 12.4. The molecule has 0 radical (unpaired) electrons. The van der Waals surface area contributed by atoms with Gasteiger partial charge in [0.25, 0.3) is 5.56 Å². The normalized spacial score (nSPS) is 10.6. The lowest BCUT2D eigenvalue weighted by atomic mass is 10.2. The molecule has 0 fully saturated rings. The molecule has 0 aliphatic heterocycles. The zero-order valence-electron chi connectivity index (χ0n) is 13.9. The van der Waals surface area contributed by atoms with Crippen molar-refractivity contribution in [1.29, 1.82) is 0 Å². The highest BCUT2D eigenvalue weighted by Crippen LogP contribution is 2.15. The molecule has 0 aliphatic carbocycles. The zero-order chi connectivity index (χ0) is 17.6. The van der Waals surface area contributed by atoms with Crippen molar-refractivity contribution in [3.8, 4) is 0 Å². The van der Waals surface area contributed by atoms with E-state index in [1.54, 1.807) is 6.20 Å². The molecule has 0 amide bonds. The second kappa shape index (κ2) is 7.94. The molecule has 3 rings (SSSR count). The van der Waals surface area contributed by atoms with Gasteiger partial charge in [0.15, 0.2) is 0 Å². The Balaban J connectivity index is 1.65. The number of pyridine rings is 1. The van der Waals surface area contributed by atoms with E-state index < -0.39 is 0 Å². The average molecular weight is 355 g/mol. The number of nitrogens with zero attached hydrogens (tertiary/aromatic N) is 3. The first-order chi connectivity index (χ1) is 12.1. The molecule has 6 heteroatoms. The van der Waals surface area contributed by atoms with Gasteiger partial charge in [-0.3, -0.25) is 9.78 Å². The van der Waals surface area contributed by atoms with E-state index >= 15 is 0 Å². The predicted molar refractivity (Wildman–Crippen MR) is 100 cm³/mol. The number of aromatic nitrogens is 3. The lowest BCUT2D eigenvalue weighted by Gasteiger charge is -2.10. The van der Waals surface area contributed by atoms with Crippen molar-refractivity contribution in [2.24, 2.45) is 0 Å². The third-order valence-electron chi connectivity index (χ3n) is 3.86. The number of benzene rings is 1. The fourth-order valence-electron chi connectivity index (χ4n) is 2.45. The van der Waals surface area contributed by atoms with Crippen LogP contribution in [-0.2, 0) is 13.0 Å². The van der Waals surface area contributed by atoms with E-state index in [2.05, 4.69) is 15.4 Å². The summed E-state index contributed by atoms with van der Waals surface area (Å²) in [7, 11) is 0. The molecule has 5 nitrogen and oxygen atoms in total.